The van der Waals surface area contributed by atoms with E-state index in [9.17, 15) is 0 Å². The topological polar surface area (TPSA) is 16.8 Å². The summed E-state index contributed by atoms with van der Waals surface area (Å²) in [5.41, 5.74) is 10.0. The summed E-state index contributed by atoms with van der Waals surface area (Å²) in [6.07, 6.45) is 0. The third-order valence-corrected chi connectivity index (χ3v) is 5.72. The quantitative estimate of drug-likeness (QED) is 0.333. The molecule has 0 unspecified atom stereocenters. The normalized spacial score (nSPS) is 11.5. The van der Waals surface area contributed by atoms with Gasteiger partial charge in [0.15, 0.2) is 7.05 Å². The molecule has 0 atom stereocenters. The fourth-order valence-corrected chi connectivity index (χ4v) is 4.09. The van der Waals surface area contributed by atoms with Crippen LogP contribution in [0.4, 0.5) is 0 Å². The number of benzene rings is 3. The van der Waals surface area contributed by atoms with Crippen LogP contribution in [0.15, 0.2) is 42.5 Å². The Morgan fingerprint density at radius 1 is 0.731 bits per heavy atom. The second-order valence-electron chi connectivity index (χ2n) is 7.47. The standard InChI is InChI=1S/C24H25N2/c1-14-11-15(2)16(3)21(12-14)23-13-22-17(4)19-9-7-8-10-20(19)18(5)24(22)25-26(23)6/h7-13H,1-6H3/q+1. The molecule has 0 N–H and O–H groups in total. The van der Waals surface area contributed by atoms with Crippen molar-refractivity contribution in [1.29, 1.82) is 0 Å². The molecule has 3 aromatic carbocycles. The third-order valence-electron chi connectivity index (χ3n) is 5.72. The van der Waals surface area contributed by atoms with E-state index in [1.54, 1.807) is 0 Å². The van der Waals surface area contributed by atoms with Gasteiger partial charge in [0.1, 0.15) is 5.52 Å². The maximum atomic E-state index is 4.98. The van der Waals surface area contributed by atoms with Gasteiger partial charge >= 0.3 is 0 Å². The van der Waals surface area contributed by atoms with Crippen LogP contribution in [0.25, 0.3) is 32.9 Å². The summed E-state index contributed by atoms with van der Waals surface area (Å²) in [6, 6.07) is 15.5. The van der Waals surface area contributed by atoms with Crippen LogP contribution < -0.4 is 4.68 Å². The van der Waals surface area contributed by atoms with Gasteiger partial charge in [-0.15, -0.1) is 0 Å². The molecule has 26 heavy (non-hydrogen) atoms. The van der Waals surface area contributed by atoms with Crippen molar-refractivity contribution in [2.24, 2.45) is 7.05 Å². The van der Waals surface area contributed by atoms with Gasteiger partial charge in [-0.2, -0.15) is 0 Å². The first-order chi connectivity index (χ1) is 12.4. The molecule has 0 saturated heterocycles. The molecule has 0 bridgehead atoms. The van der Waals surface area contributed by atoms with Crippen molar-refractivity contribution in [2.45, 2.75) is 34.6 Å². The first-order valence-corrected chi connectivity index (χ1v) is 9.15. The summed E-state index contributed by atoms with van der Waals surface area (Å²) >= 11 is 0. The SMILES string of the molecule is Cc1cc(C)c(C)c(-c2cc3c(C)c4ccccc4c(C)c3n[n+]2C)c1. The second-order valence-corrected chi connectivity index (χ2v) is 7.47. The van der Waals surface area contributed by atoms with Crippen LogP contribution in [-0.2, 0) is 7.05 Å². The van der Waals surface area contributed by atoms with Crippen molar-refractivity contribution >= 4 is 21.7 Å². The Labute approximate surface area is 155 Å². The summed E-state index contributed by atoms with van der Waals surface area (Å²) in [5.74, 6) is 0. The number of aryl methyl sites for hydroxylation is 5. The number of aromatic nitrogens is 2. The first-order valence-electron chi connectivity index (χ1n) is 9.15. The van der Waals surface area contributed by atoms with Crippen LogP contribution >= 0.6 is 0 Å². The molecule has 0 radical (unpaired) electrons. The molecule has 4 aromatic rings. The Bertz CT molecular complexity index is 1190. The lowest BCUT2D eigenvalue weighted by Gasteiger charge is -2.12. The minimum absolute atomic E-state index is 1.09. The Hall–Kier alpha value is -2.74. The average Bonchev–Trinajstić information content (AvgIpc) is 2.62. The van der Waals surface area contributed by atoms with Gasteiger partial charge in [0.05, 0.1) is 5.56 Å². The van der Waals surface area contributed by atoms with E-state index in [4.69, 9.17) is 5.10 Å². The van der Waals surface area contributed by atoms with Gasteiger partial charge in [-0.1, -0.05) is 40.6 Å². The van der Waals surface area contributed by atoms with Gasteiger partial charge in [-0.05, 0) is 73.7 Å². The van der Waals surface area contributed by atoms with Crippen LogP contribution in [0.1, 0.15) is 27.8 Å². The predicted octanol–water partition coefficient (Wildman–Crippen LogP) is 5.42. The molecule has 0 saturated carbocycles. The fourth-order valence-electron chi connectivity index (χ4n) is 4.09. The molecular weight excluding hydrogens is 316 g/mol. The third kappa shape index (κ3) is 2.40. The number of nitrogens with zero attached hydrogens (tertiary/aromatic N) is 2. The summed E-state index contributed by atoms with van der Waals surface area (Å²) in [6.45, 7) is 10.9. The highest BCUT2D eigenvalue weighted by Gasteiger charge is 2.20. The number of fused-ring (bicyclic) bond motifs is 2. The van der Waals surface area contributed by atoms with Crippen molar-refractivity contribution in [3.05, 3.63) is 70.3 Å². The first kappa shape index (κ1) is 16.7. The second kappa shape index (κ2) is 5.91. The van der Waals surface area contributed by atoms with Crippen LogP contribution in [0.3, 0.4) is 0 Å². The molecule has 1 heterocycles. The number of hydrogen-bond acceptors (Lipinski definition) is 1. The van der Waals surface area contributed by atoms with Gasteiger partial charge in [0.2, 0.25) is 5.69 Å². The Balaban J connectivity index is 2.13. The van der Waals surface area contributed by atoms with Gasteiger partial charge in [-0.25, -0.2) is 0 Å². The van der Waals surface area contributed by atoms with Crippen LogP contribution in [0.5, 0.6) is 0 Å². The van der Waals surface area contributed by atoms with E-state index in [2.05, 4.69) is 84.1 Å². The van der Waals surface area contributed by atoms with Crippen LogP contribution in [-0.4, -0.2) is 5.10 Å². The molecule has 0 aliphatic rings. The maximum Gasteiger partial charge on any atom is 0.239 e. The molecule has 0 aliphatic carbocycles. The summed E-state index contributed by atoms with van der Waals surface area (Å²) < 4.78 is 2.03. The van der Waals surface area contributed by atoms with E-state index >= 15 is 0 Å². The molecule has 0 amide bonds. The molecule has 0 fully saturated rings. The van der Waals surface area contributed by atoms with Crippen molar-refractivity contribution in [2.75, 3.05) is 0 Å². The Morgan fingerprint density at radius 3 is 2.08 bits per heavy atom. The molecule has 130 valence electrons. The van der Waals surface area contributed by atoms with E-state index < -0.39 is 0 Å². The largest absolute Gasteiger partial charge is 0.239 e. The molecule has 0 aliphatic heterocycles. The molecule has 4 rings (SSSR count). The number of rotatable bonds is 1. The minimum atomic E-state index is 1.09. The molecular formula is C24H25N2+. The Morgan fingerprint density at radius 2 is 1.38 bits per heavy atom. The Kier molecular flexibility index (Phi) is 3.80. The summed E-state index contributed by atoms with van der Waals surface area (Å²) in [4.78, 5) is 0. The highest BCUT2D eigenvalue weighted by molar-refractivity contribution is 6.04. The van der Waals surface area contributed by atoms with E-state index in [1.165, 1.54) is 55.2 Å². The monoisotopic (exact) mass is 341 g/mol. The van der Waals surface area contributed by atoms with Crippen LogP contribution in [0.2, 0.25) is 0 Å². The lowest BCUT2D eigenvalue weighted by molar-refractivity contribution is -0.718. The lowest BCUT2D eigenvalue weighted by Crippen LogP contribution is -2.36. The zero-order valence-electron chi connectivity index (χ0n) is 16.4. The smallest absolute Gasteiger partial charge is 0.0858 e. The molecule has 2 heteroatoms. The van der Waals surface area contributed by atoms with Crippen LogP contribution in [0, 0.1) is 34.6 Å². The minimum Gasteiger partial charge on any atom is -0.0858 e. The highest BCUT2D eigenvalue weighted by atomic mass is 15.2. The number of hydrogen-bond donors (Lipinski definition) is 0. The average molecular weight is 341 g/mol. The molecule has 1 aromatic heterocycles. The fraction of sp³-hybridized carbons (Fsp3) is 0.250. The van der Waals surface area contributed by atoms with Crippen molar-refractivity contribution in [1.82, 2.24) is 5.10 Å². The van der Waals surface area contributed by atoms with E-state index in [0.29, 0.717) is 0 Å². The zero-order valence-corrected chi connectivity index (χ0v) is 16.4. The van der Waals surface area contributed by atoms with Gasteiger partial charge in [-0.3, -0.25) is 0 Å². The molecule has 2 nitrogen and oxygen atoms in total. The van der Waals surface area contributed by atoms with E-state index in [-0.39, 0.29) is 0 Å². The summed E-state index contributed by atoms with van der Waals surface area (Å²) in [7, 11) is 2.05. The zero-order chi connectivity index (χ0) is 18.6. The summed E-state index contributed by atoms with van der Waals surface area (Å²) in [5, 5.41) is 8.83. The van der Waals surface area contributed by atoms with E-state index in [1.807, 2.05) is 4.68 Å². The maximum absolute atomic E-state index is 4.98. The van der Waals surface area contributed by atoms with Crippen molar-refractivity contribution in [3.8, 4) is 11.3 Å². The van der Waals surface area contributed by atoms with Crippen molar-refractivity contribution < 1.29 is 4.68 Å². The van der Waals surface area contributed by atoms with Crippen molar-refractivity contribution in [3.63, 3.8) is 0 Å². The van der Waals surface area contributed by atoms with Gasteiger partial charge in [0.25, 0.3) is 0 Å². The molecule has 0 spiro atoms. The highest BCUT2D eigenvalue weighted by Crippen LogP contribution is 2.33. The predicted molar refractivity (Wildman–Crippen MR) is 110 cm³/mol. The van der Waals surface area contributed by atoms with Gasteiger partial charge < -0.3 is 0 Å². The lowest BCUT2D eigenvalue weighted by atomic mass is 9.93. The van der Waals surface area contributed by atoms with Gasteiger partial charge in [0, 0.05) is 16.6 Å². The van der Waals surface area contributed by atoms with E-state index in [0.717, 1.165) is 5.52 Å².